The highest BCUT2D eigenvalue weighted by Gasteiger charge is 2.18. The van der Waals surface area contributed by atoms with Crippen LogP contribution in [-0.2, 0) is 16.0 Å². The van der Waals surface area contributed by atoms with Crippen LogP contribution in [0.3, 0.4) is 0 Å². The summed E-state index contributed by atoms with van der Waals surface area (Å²) in [4.78, 5) is 12.2. The molecule has 1 aromatic heterocycles. The molecular weight excluding hydrogens is 344 g/mol. The molecule has 0 saturated heterocycles. The third kappa shape index (κ3) is 3.95. The Morgan fingerprint density at radius 3 is 2.59 bits per heavy atom. The zero-order valence-electron chi connectivity index (χ0n) is 15.6. The van der Waals surface area contributed by atoms with Crippen LogP contribution in [0.5, 0.6) is 5.75 Å². The Hall–Kier alpha value is -3.28. The molecule has 0 aliphatic rings. The SMILES string of the molecule is CCO/C=C/c1c2c(C(=O)OC)cccc2nn1Cc1ccc(OC)cc1. The third-order valence-electron chi connectivity index (χ3n) is 4.19. The summed E-state index contributed by atoms with van der Waals surface area (Å²) in [5.74, 6) is 0.407. The standard InChI is InChI=1S/C21H22N2O4/c1-4-27-13-12-19-20-17(21(24)26-3)6-5-7-18(20)22-23(19)14-15-8-10-16(25-2)11-9-15/h5-13H,4,14H2,1-3H3/b13-12+. The lowest BCUT2D eigenvalue weighted by atomic mass is 10.1. The van der Waals surface area contributed by atoms with Gasteiger partial charge >= 0.3 is 5.97 Å². The van der Waals surface area contributed by atoms with Crippen LogP contribution in [0, 0.1) is 0 Å². The minimum Gasteiger partial charge on any atom is -0.501 e. The summed E-state index contributed by atoms with van der Waals surface area (Å²) in [6, 6.07) is 13.2. The number of benzene rings is 2. The molecule has 0 aliphatic carbocycles. The summed E-state index contributed by atoms with van der Waals surface area (Å²) in [7, 11) is 3.01. The summed E-state index contributed by atoms with van der Waals surface area (Å²) in [6.45, 7) is 3.02. The van der Waals surface area contributed by atoms with E-state index in [1.54, 1.807) is 25.5 Å². The van der Waals surface area contributed by atoms with Crippen molar-refractivity contribution in [2.45, 2.75) is 13.5 Å². The number of hydrogen-bond acceptors (Lipinski definition) is 5. The highest BCUT2D eigenvalue weighted by molar-refractivity contribution is 6.06. The van der Waals surface area contributed by atoms with Crippen LogP contribution in [0.25, 0.3) is 17.0 Å². The third-order valence-corrected chi connectivity index (χ3v) is 4.19. The van der Waals surface area contributed by atoms with Gasteiger partial charge in [0.2, 0.25) is 0 Å². The van der Waals surface area contributed by atoms with E-state index < -0.39 is 5.97 Å². The Bertz CT molecular complexity index is 958. The topological polar surface area (TPSA) is 62.6 Å². The predicted octanol–water partition coefficient (Wildman–Crippen LogP) is 3.89. The number of aromatic nitrogens is 2. The molecule has 0 fully saturated rings. The molecule has 0 spiro atoms. The monoisotopic (exact) mass is 366 g/mol. The fourth-order valence-corrected chi connectivity index (χ4v) is 2.89. The summed E-state index contributed by atoms with van der Waals surface area (Å²) >= 11 is 0. The minimum atomic E-state index is -0.393. The molecule has 27 heavy (non-hydrogen) atoms. The first-order valence-corrected chi connectivity index (χ1v) is 8.66. The molecule has 0 unspecified atom stereocenters. The highest BCUT2D eigenvalue weighted by Crippen LogP contribution is 2.26. The number of nitrogens with zero attached hydrogens (tertiary/aromatic N) is 2. The number of hydrogen-bond donors (Lipinski definition) is 0. The Kier molecular flexibility index (Phi) is 5.76. The molecule has 6 nitrogen and oxygen atoms in total. The van der Waals surface area contributed by atoms with Crippen LogP contribution >= 0.6 is 0 Å². The zero-order chi connectivity index (χ0) is 19.2. The molecule has 0 bridgehead atoms. The van der Waals surface area contributed by atoms with Gasteiger partial charge in [-0.2, -0.15) is 5.10 Å². The fraction of sp³-hybridized carbons (Fsp3) is 0.238. The Balaban J connectivity index is 2.09. The van der Waals surface area contributed by atoms with E-state index in [-0.39, 0.29) is 0 Å². The lowest BCUT2D eigenvalue weighted by Crippen LogP contribution is -2.05. The van der Waals surface area contributed by atoms with Crippen LogP contribution in [0.4, 0.5) is 0 Å². The number of methoxy groups -OCH3 is 2. The smallest absolute Gasteiger partial charge is 0.338 e. The average Bonchev–Trinajstić information content (AvgIpc) is 3.05. The lowest BCUT2D eigenvalue weighted by molar-refractivity contribution is 0.0603. The number of fused-ring (bicyclic) bond motifs is 1. The summed E-state index contributed by atoms with van der Waals surface area (Å²) in [6.07, 6.45) is 3.45. The van der Waals surface area contributed by atoms with E-state index in [4.69, 9.17) is 14.2 Å². The summed E-state index contributed by atoms with van der Waals surface area (Å²) in [5, 5.41) is 5.42. The largest absolute Gasteiger partial charge is 0.501 e. The van der Waals surface area contributed by atoms with Crippen LogP contribution in [-0.4, -0.2) is 36.6 Å². The maximum atomic E-state index is 12.2. The maximum Gasteiger partial charge on any atom is 0.338 e. The van der Waals surface area contributed by atoms with Gasteiger partial charge in [0.25, 0.3) is 0 Å². The Labute approximate surface area is 158 Å². The number of ether oxygens (including phenoxy) is 3. The molecule has 140 valence electrons. The van der Waals surface area contributed by atoms with Crippen LogP contribution < -0.4 is 4.74 Å². The molecule has 6 heteroatoms. The second-order valence-corrected chi connectivity index (χ2v) is 5.84. The second kappa shape index (κ2) is 8.40. The van der Waals surface area contributed by atoms with E-state index in [1.165, 1.54) is 7.11 Å². The molecule has 0 aliphatic heterocycles. The van der Waals surface area contributed by atoms with Gasteiger partial charge in [0, 0.05) is 5.39 Å². The van der Waals surface area contributed by atoms with Gasteiger partial charge in [-0.25, -0.2) is 4.79 Å². The van der Waals surface area contributed by atoms with E-state index >= 15 is 0 Å². The first-order chi connectivity index (χ1) is 13.2. The Morgan fingerprint density at radius 2 is 1.93 bits per heavy atom. The highest BCUT2D eigenvalue weighted by atomic mass is 16.5. The van der Waals surface area contributed by atoms with Gasteiger partial charge in [-0.3, -0.25) is 4.68 Å². The van der Waals surface area contributed by atoms with Crippen LogP contribution in [0.15, 0.2) is 48.7 Å². The quantitative estimate of drug-likeness (QED) is 0.469. The van der Waals surface area contributed by atoms with E-state index in [0.29, 0.717) is 18.7 Å². The molecule has 0 N–H and O–H groups in total. The summed E-state index contributed by atoms with van der Waals surface area (Å²) in [5.41, 5.74) is 3.05. The van der Waals surface area contributed by atoms with Crippen molar-refractivity contribution in [2.75, 3.05) is 20.8 Å². The van der Waals surface area contributed by atoms with E-state index in [0.717, 1.165) is 27.9 Å². The first-order valence-electron chi connectivity index (χ1n) is 8.66. The fourth-order valence-electron chi connectivity index (χ4n) is 2.89. The van der Waals surface area contributed by atoms with Crippen molar-refractivity contribution in [1.82, 2.24) is 9.78 Å². The van der Waals surface area contributed by atoms with Gasteiger partial charge in [-0.15, -0.1) is 0 Å². The molecule has 1 heterocycles. The molecule has 2 aromatic carbocycles. The van der Waals surface area contributed by atoms with Crippen molar-refractivity contribution >= 4 is 22.9 Å². The lowest BCUT2D eigenvalue weighted by Gasteiger charge is -2.07. The first kappa shape index (κ1) is 18.5. The van der Waals surface area contributed by atoms with E-state index in [1.807, 2.05) is 48.0 Å². The predicted molar refractivity (Wildman–Crippen MR) is 104 cm³/mol. The van der Waals surface area contributed by atoms with Gasteiger partial charge in [-0.05, 0) is 42.8 Å². The number of carbonyl (C=O) groups excluding carboxylic acids is 1. The summed E-state index contributed by atoms with van der Waals surface area (Å²) < 4.78 is 17.4. The minimum absolute atomic E-state index is 0.393. The number of rotatable bonds is 7. The normalized spacial score (nSPS) is 11.1. The number of esters is 1. The maximum absolute atomic E-state index is 12.2. The van der Waals surface area contributed by atoms with Crippen molar-refractivity contribution in [2.24, 2.45) is 0 Å². The van der Waals surface area contributed by atoms with Crippen molar-refractivity contribution in [3.63, 3.8) is 0 Å². The zero-order valence-corrected chi connectivity index (χ0v) is 15.6. The molecule has 0 amide bonds. The molecular formula is C21H22N2O4. The van der Waals surface area contributed by atoms with Crippen molar-refractivity contribution in [3.8, 4) is 5.75 Å². The molecule has 3 rings (SSSR count). The van der Waals surface area contributed by atoms with Crippen LogP contribution in [0.2, 0.25) is 0 Å². The number of carbonyl (C=O) groups is 1. The average molecular weight is 366 g/mol. The van der Waals surface area contributed by atoms with Crippen molar-refractivity contribution < 1.29 is 19.0 Å². The van der Waals surface area contributed by atoms with E-state index in [2.05, 4.69) is 5.10 Å². The molecule has 3 aromatic rings. The van der Waals surface area contributed by atoms with Crippen molar-refractivity contribution in [1.29, 1.82) is 0 Å². The van der Waals surface area contributed by atoms with Gasteiger partial charge in [0.1, 0.15) is 5.75 Å². The van der Waals surface area contributed by atoms with Crippen LogP contribution in [0.1, 0.15) is 28.5 Å². The molecule has 0 radical (unpaired) electrons. The van der Waals surface area contributed by atoms with Gasteiger partial charge in [-0.1, -0.05) is 18.2 Å². The second-order valence-electron chi connectivity index (χ2n) is 5.84. The molecule has 0 atom stereocenters. The molecule has 0 saturated carbocycles. The van der Waals surface area contributed by atoms with Crippen molar-refractivity contribution in [3.05, 3.63) is 65.5 Å². The van der Waals surface area contributed by atoms with Gasteiger partial charge in [0.05, 0.1) is 50.4 Å². The van der Waals surface area contributed by atoms with E-state index in [9.17, 15) is 4.79 Å². The van der Waals surface area contributed by atoms with Gasteiger partial charge < -0.3 is 14.2 Å². The van der Waals surface area contributed by atoms with Gasteiger partial charge in [0.15, 0.2) is 0 Å². The Morgan fingerprint density at radius 1 is 1.15 bits per heavy atom.